The molecule has 13 heteroatoms. The maximum atomic E-state index is 13.5. The van der Waals surface area contributed by atoms with Gasteiger partial charge in [0.2, 0.25) is 23.0 Å². The molecule has 5 rings (SSSR count). The Bertz CT molecular complexity index is 1880. The van der Waals surface area contributed by atoms with Crippen LogP contribution in [0.4, 0.5) is 11.4 Å². The molecule has 0 saturated heterocycles. The summed E-state index contributed by atoms with van der Waals surface area (Å²) in [7, 11) is 6.30. The maximum absolute atomic E-state index is 13.5. The number of benzene rings is 2. The Hall–Kier alpha value is -5.43. The molecule has 1 aliphatic carbocycles. The second kappa shape index (κ2) is 16.8. The molecule has 3 aromatic carbocycles. The van der Waals surface area contributed by atoms with E-state index in [1.54, 1.807) is 40.6 Å². The highest BCUT2D eigenvalue weighted by atomic mass is 16.5. The van der Waals surface area contributed by atoms with Crippen molar-refractivity contribution in [3.05, 3.63) is 75.7 Å². The second-order valence-corrected chi connectivity index (χ2v) is 12.0. The van der Waals surface area contributed by atoms with Gasteiger partial charge in [-0.1, -0.05) is 12.5 Å². The van der Waals surface area contributed by atoms with Crippen LogP contribution in [0.15, 0.2) is 53.3 Å². The third kappa shape index (κ3) is 8.40. The van der Waals surface area contributed by atoms with Crippen LogP contribution in [-0.4, -0.2) is 62.0 Å². The number of aryl methyl sites for hydroxylation is 1. The first-order chi connectivity index (χ1) is 24.3. The number of fused-ring (bicyclic) bond motifs is 3. The normalized spacial score (nSPS) is 13.3. The van der Waals surface area contributed by atoms with Crippen LogP contribution in [0.1, 0.15) is 62.0 Å². The van der Waals surface area contributed by atoms with Gasteiger partial charge >= 0.3 is 0 Å². The van der Waals surface area contributed by atoms with Gasteiger partial charge in [0.15, 0.2) is 23.1 Å². The molecule has 1 atom stereocenters. The van der Waals surface area contributed by atoms with E-state index in [1.807, 2.05) is 36.4 Å². The van der Waals surface area contributed by atoms with E-state index in [1.165, 1.54) is 6.92 Å². The third-order valence-corrected chi connectivity index (χ3v) is 8.55. The number of ether oxygens (including phenoxy) is 4. The first kappa shape index (κ1) is 35.9. The third-order valence-electron chi connectivity index (χ3n) is 8.55. The lowest BCUT2D eigenvalue weighted by molar-refractivity contribution is -0.119. The van der Waals surface area contributed by atoms with Crippen LogP contribution < -0.4 is 35.6 Å². The smallest absolute Gasteiger partial charge is 0.224 e. The van der Waals surface area contributed by atoms with Gasteiger partial charge in [0.1, 0.15) is 6.61 Å². The monoisotopic (exact) mass is 684 g/mol. The highest BCUT2D eigenvalue weighted by molar-refractivity contribution is 5.91. The van der Waals surface area contributed by atoms with Gasteiger partial charge in [0, 0.05) is 43.8 Å². The maximum Gasteiger partial charge on any atom is 0.224 e. The summed E-state index contributed by atoms with van der Waals surface area (Å²) < 4.78 is 22.2. The summed E-state index contributed by atoms with van der Waals surface area (Å²) in [6, 6.07) is 14.2. The Balaban J connectivity index is 1.20. The molecule has 0 fully saturated rings. The molecule has 264 valence electrons. The van der Waals surface area contributed by atoms with Crippen molar-refractivity contribution in [3.8, 4) is 39.8 Å². The minimum atomic E-state index is -0.379. The fourth-order valence-corrected chi connectivity index (χ4v) is 6.22. The van der Waals surface area contributed by atoms with Crippen LogP contribution in [0, 0.1) is 0 Å². The van der Waals surface area contributed by atoms with Gasteiger partial charge in [-0.25, -0.2) is 4.98 Å². The zero-order valence-corrected chi connectivity index (χ0v) is 29.1. The van der Waals surface area contributed by atoms with E-state index in [0.717, 1.165) is 35.1 Å². The summed E-state index contributed by atoms with van der Waals surface area (Å²) in [5.74, 6) is 2.46. The Kier molecular flexibility index (Phi) is 12.0. The van der Waals surface area contributed by atoms with Gasteiger partial charge in [-0.2, -0.15) is 5.10 Å². The van der Waals surface area contributed by atoms with Gasteiger partial charge in [-0.15, -0.1) is 0 Å². The van der Waals surface area contributed by atoms with Gasteiger partial charge < -0.3 is 34.9 Å². The molecule has 4 aromatic rings. The van der Waals surface area contributed by atoms with Gasteiger partial charge in [0.25, 0.3) is 0 Å². The summed E-state index contributed by atoms with van der Waals surface area (Å²) in [5.41, 5.74) is 5.03. The largest absolute Gasteiger partial charge is 0.493 e. The van der Waals surface area contributed by atoms with E-state index in [2.05, 4.69) is 31.1 Å². The molecule has 0 spiro atoms. The van der Waals surface area contributed by atoms with Crippen LogP contribution in [0.2, 0.25) is 0 Å². The van der Waals surface area contributed by atoms with E-state index < -0.39 is 0 Å². The zero-order chi connectivity index (χ0) is 35.6. The number of hydrogen-bond acceptors (Lipinski definition) is 10. The number of methoxy groups -OCH3 is 4. The Labute approximate surface area is 291 Å². The number of carbonyl (C=O) groups is 2. The van der Waals surface area contributed by atoms with Crippen molar-refractivity contribution in [1.29, 1.82) is 0 Å². The highest BCUT2D eigenvalue weighted by Crippen LogP contribution is 2.50. The molecule has 1 aromatic heterocycles. The standard InChI is InChI=1S/C37H44N6O7/c1-22(44)39-28-16-12-24-19-31(48-3)35(49-4)36(50-5)34(24)26-15-17-29(30(45)20-27(26)28)38-18-8-6-7-9-33(46)40-25-13-10-23(11-14-25)37-41-32(21-47-2)42-43-37/h10-11,13-15,17,19-20,28H,6-9,12,16,18,21H2,1-5H3,(H,38,45)(H,39,44)(H,40,46)(H,41,42,43)/t28-/m0/s1. The summed E-state index contributed by atoms with van der Waals surface area (Å²) in [5, 5.41) is 16.3. The molecule has 1 aliphatic rings. The molecule has 0 saturated carbocycles. The SMILES string of the molecule is COCc1nc(-c2ccc(NC(=O)CCCCCNc3ccc4c(cc3=O)[C@@H](NC(C)=O)CCc3cc(OC)c(OC)c(OC)c3-4)cc2)n[nH]1. The minimum absolute atomic E-state index is 0.0666. The predicted molar refractivity (Wildman–Crippen MR) is 191 cm³/mol. The summed E-state index contributed by atoms with van der Waals surface area (Å²) in [4.78, 5) is 42.7. The Morgan fingerprint density at radius 3 is 2.42 bits per heavy atom. The highest BCUT2D eigenvalue weighted by Gasteiger charge is 2.29. The number of carbonyl (C=O) groups excluding carboxylic acids is 2. The zero-order valence-electron chi connectivity index (χ0n) is 29.1. The van der Waals surface area contributed by atoms with Crippen LogP contribution in [-0.2, 0) is 27.4 Å². The molecule has 0 bridgehead atoms. The van der Waals surface area contributed by atoms with E-state index in [9.17, 15) is 14.4 Å². The van der Waals surface area contributed by atoms with Crippen LogP contribution >= 0.6 is 0 Å². The number of nitrogens with zero attached hydrogens (tertiary/aromatic N) is 2. The average molecular weight is 685 g/mol. The summed E-state index contributed by atoms with van der Waals surface area (Å²) >= 11 is 0. The van der Waals surface area contributed by atoms with E-state index >= 15 is 0 Å². The molecule has 13 nitrogen and oxygen atoms in total. The second-order valence-electron chi connectivity index (χ2n) is 12.0. The van der Waals surface area contributed by atoms with E-state index in [4.69, 9.17) is 18.9 Å². The van der Waals surface area contributed by atoms with Crippen LogP contribution in [0.3, 0.4) is 0 Å². The summed E-state index contributed by atoms with van der Waals surface area (Å²) in [6.07, 6.45) is 3.86. The van der Waals surface area contributed by atoms with Crippen molar-refractivity contribution in [1.82, 2.24) is 20.5 Å². The minimum Gasteiger partial charge on any atom is -0.493 e. The molecule has 0 unspecified atom stereocenters. The molecule has 0 radical (unpaired) electrons. The number of nitrogens with one attached hydrogen (secondary N) is 4. The molecule has 4 N–H and O–H groups in total. The molecule has 2 amide bonds. The molecule has 1 heterocycles. The molecular formula is C37H44N6O7. The quantitative estimate of drug-likeness (QED) is 0.119. The first-order valence-corrected chi connectivity index (χ1v) is 16.6. The Morgan fingerprint density at radius 1 is 0.940 bits per heavy atom. The van der Waals surface area contributed by atoms with Gasteiger partial charge in [-0.05, 0) is 84.8 Å². The fourth-order valence-electron chi connectivity index (χ4n) is 6.22. The van der Waals surface area contributed by atoms with E-state index in [0.29, 0.717) is 84.7 Å². The lowest BCUT2D eigenvalue weighted by Crippen LogP contribution is -2.26. The Morgan fingerprint density at radius 2 is 1.72 bits per heavy atom. The number of aromatic amines is 1. The van der Waals surface area contributed by atoms with Crippen molar-refractivity contribution in [2.24, 2.45) is 0 Å². The van der Waals surface area contributed by atoms with Gasteiger partial charge in [-0.3, -0.25) is 19.5 Å². The van der Waals surface area contributed by atoms with Crippen molar-refractivity contribution < 1.29 is 28.5 Å². The number of rotatable bonds is 15. The van der Waals surface area contributed by atoms with Crippen molar-refractivity contribution in [2.75, 3.05) is 45.6 Å². The topological polar surface area (TPSA) is 166 Å². The van der Waals surface area contributed by atoms with Crippen molar-refractivity contribution in [3.63, 3.8) is 0 Å². The van der Waals surface area contributed by atoms with Crippen LogP contribution in [0.25, 0.3) is 22.5 Å². The predicted octanol–water partition coefficient (Wildman–Crippen LogP) is 5.41. The summed E-state index contributed by atoms with van der Waals surface area (Å²) in [6.45, 7) is 2.38. The van der Waals surface area contributed by atoms with Crippen molar-refractivity contribution >= 4 is 23.2 Å². The van der Waals surface area contributed by atoms with E-state index in [-0.39, 0.29) is 23.3 Å². The number of hydrogen-bond donors (Lipinski definition) is 4. The average Bonchev–Trinajstić information content (AvgIpc) is 3.45. The number of aromatic nitrogens is 3. The molecule has 50 heavy (non-hydrogen) atoms. The number of H-pyrrole nitrogens is 1. The first-order valence-electron chi connectivity index (χ1n) is 16.6. The fraction of sp³-hybridized carbons (Fsp3) is 0.378. The molecular weight excluding hydrogens is 640 g/mol. The number of amides is 2. The number of unbranched alkanes of at least 4 members (excludes halogenated alkanes) is 2. The number of anilines is 2. The molecule has 0 aliphatic heterocycles. The van der Waals surface area contributed by atoms with Crippen molar-refractivity contribution in [2.45, 2.75) is 58.1 Å². The lowest BCUT2D eigenvalue weighted by Gasteiger charge is -2.19. The van der Waals surface area contributed by atoms with Gasteiger partial charge in [0.05, 0.1) is 33.1 Å². The lowest BCUT2D eigenvalue weighted by atomic mass is 9.95. The van der Waals surface area contributed by atoms with Crippen LogP contribution in [0.5, 0.6) is 17.2 Å².